The van der Waals surface area contributed by atoms with Crippen molar-refractivity contribution in [3.63, 3.8) is 0 Å². The molecule has 0 aromatic heterocycles. The summed E-state index contributed by atoms with van der Waals surface area (Å²) in [5.74, 6) is -2.23. The van der Waals surface area contributed by atoms with Crippen molar-refractivity contribution in [1.29, 1.82) is 0 Å². The number of hydrogen-bond acceptors (Lipinski definition) is 4. The average Bonchev–Trinajstić information content (AvgIpc) is 2.91. The Morgan fingerprint density at radius 3 is 2.71 bits per heavy atom. The Bertz CT molecular complexity index is 615. The van der Waals surface area contributed by atoms with Crippen LogP contribution in [-0.2, 0) is 21.4 Å². The molecule has 1 saturated heterocycles. The number of nitrogens with zero attached hydrogens (tertiary/aromatic N) is 1. The van der Waals surface area contributed by atoms with Gasteiger partial charge in [0.15, 0.2) is 5.82 Å². The molecule has 0 saturated carbocycles. The largest absolute Gasteiger partial charge is 0.391 e. The molecule has 1 unspecified atom stereocenters. The number of halogens is 2. The maximum absolute atomic E-state index is 14.1. The molecule has 0 amide bonds. The number of aliphatic hydroxyl groups excluding tert-OH is 1. The summed E-state index contributed by atoms with van der Waals surface area (Å²) in [7, 11) is -2.79. The van der Waals surface area contributed by atoms with E-state index in [1.54, 1.807) is 0 Å². The molecule has 1 heterocycles. The summed E-state index contributed by atoms with van der Waals surface area (Å²) in [5.41, 5.74) is -0.651. The Morgan fingerprint density at radius 1 is 1.43 bits per heavy atom. The Hall–Kier alpha value is -1.09. The lowest BCUT2D eigenvalue weighted by molar-refractivity contribution is 0.0978. The summed E-state index contributed by atoms with van der Waals surface area (Å²) >= 11 is 0. The van der Waals surface area contributed by atoms with Gasteiger partial charge in [-0.25, -0.2) is 17.2 Å². The van der Waals surface area contributed by atoms with E-state index in [9.17, 15) is 17.2 Å². The molecule has 1 aliphatic heterocycles. The second kappa shape index (κ2) is 6.35. The van der Waals surface area contributed by atoms with E-state index in [2.05, 4.69) is 0 Å². The van der Waals surface area contributed by atoms with Crippen molar-refractivity contribution in [3.05, 3.63) is 29.3 Å². The third-order valence-electron chi connectivity index (χ3n) is 3.48. The van der Waals surface area contributed by atoms with Gasteiger partial charge in [-0.3, -0.25) is 0 Å². The fourth-order valence-corrected chi connectivity index (χ4v) is 3.55. The van der Waals surface area contributed by atoms with Gasteiger partial charge in [0, 0.05) is 20.2 Å². The van der Waals surface area contributed by atoms with E-state index in [1.165, 1.54) is 7.05 Å². The standard InChI is InChI=1S/C13H17F2NO4S/c1-16(7-9-3-2-6-20-9)21(18,19)12-5-4-11(14)10(8-17)13(12)15/h4-5,9,17H,2-3,6-8H2,1H3. The van der Waals surface area contributed by atoms with Crippen molar-refractivity contribution < 1.29 is 27.0 Å². The van der Waals surface area contributed by atoms with Crippen LogP contribution < -0.4 is 0 Å². The second-order valence-electron chi connectivity index (χ2n) is 4.92. The highest BCUT2D eigenvalue weighted by Crippen LogP contribution is 2.24. The smallest absolute Gasteiger partial charge is 0.245 e. The lowest BCUT2D eigenvalue weighted by atomic mass is 10.2. The predicted octanol–water partition coefficient (Wildman–Crippen LogP) is 1.26. The van der Waals surface area contributed by atoms with Crippen molar-refractivity contribution in [2.45, 2.75) is 30.4 Å². The van der Waals surface area contributed by atoms with Gasteiger partial charge in [-0.1, -0.05) is 0 Å². The molecule has 2 rings (SSSR count). The Labute approximate surface area is 122 Å². The van der Waals surface area contributed by atoms with Crippen molar-refractivity contribution in [2.75, 3.05) is 20.2 Å². The highest BCUT2D eigenvalue weighted by atomic mass is 32.2. The van der Waals surface area contributed by atoms with Crippen LogP contribution in [0.25, 0.3) is 0 Å². The molecule has 1 atom stereocenters. The number of hydrogen-bond donors (Lipinski definition) is 1. The zero-order valence-electron chi connectivity index (χ0n) is 11.6. The van der Waals surface area contributed by atoms with Crippen LogP contribution in [-0.4, -0.2) is 44.1 Å². The molecule has 8 heteroatoms. The summed E-state index contributed by atoms with van der Waals surface area (Å²) in [4.78, 5) is -0.645. The van der Waals surface area contributed by atoms with Gasteiger partial charge in [0.1, 0.15) is 10.7 Å². The first-order chi connectivity index (χ1) is 9.87. The monoisotopic (exact) mass is 321 g/mol. The van der Waals surface area contributed by atoms with Crippen molar-refractivity contribution in [3.8, 4) is 0 Å². The van der Waals surface area contributed by atoms with E-state index in [0.29, 0.717) is 6.61 Å². The number of sulfonamides is 1. The van der Waals surface area contributed by atoms with Crippen LogP contribution in [0.5, 0.6) is 0 Å². The van der Waals surface area contributed by atoms with Crippen LogP contribution in [0.4, 0.5) is 8.78 Å². The van der Waals surface area contributed by atoms with Crippen LogP contribution in [0.2, 0.25) is 0 Å². The minimum absolute atomic E-state index is 0.105. The van der Waals surface area contributed by atoms with Crippen LogP contribution >= 0.6 is 0 Å². The third kappa shape index (κ3) is 3.23. The Balaban J connectivity index is 2.30. The number of aliphatic hydroxyl groups is 1. The van der Waals surface area contributed by atoms with E-state index in [0.717, 1.165) is 29.3 Å². The average molecular weight is 321 g/mol. The lowest BCUT2D eigenvalue weighted by Gasteiger charge is -2.21. The molecule has 21 heavy (non-hydrogen) atoms. The van der Waals surface area contributed by atoms with Gasteiger partial charge < -0.3 is 9.84 Å². The molecule has 5 nitrogen and oxygen atoms in total. The van der Waals surface area contributed by atoms with Crippen molar-refractivity contribution in [2.24, 2.45) is 0 Å². The normalized spacial score (nSPS) is 19.4. The van der Waals surface area contributed by atoms with E-state index < -0.39 is 38.7 Å². The lowest BCUT2D eigenvalue weighted by Crippen LogP contribution is -2.34. The quantitative estimate of drug-likeness (QED) is 0.886. The van der Waals surface area contributed by atoms with Gasteiger partial charge in [-0.05, 0) is 25.0 Å². The molecule has 118 valence electrons. The molecular formula is C13H17F2NO4S. The predicted molar refractivity (Wildman–Crippen MR) is 71.1 cm³/mol. The van der Waals surface area contributed by atoms with Crippen molar-refractivity contribution in [1.82, 2.24) is 4.31 Å². The van der Waals surface area contributed by atoms with E-state index in [-0.39, 0.29) is 12.6 Å². The second-order valence-corrected chi connectivity index (χ2v) is 6.93. The van der Waals surface area contributed by atoms with Gasteiger partial charge in [0.2, 0.25) is 10.0 Å². The minimum atomic E-state index is -4.11. The molecular weight excluding hydrogens is 304 g/mol. The van der Waals surface area contributed by atoms with Crippen LogP contribution in [0, 0.1) is 11.6 Å². The summed E-state index contributed by atoms with van der Waals surface area (Å²) in [5, 5.41) is 8.95. The molecule has 0 bridgehead atoms. The van der Waals surface area contributed by atoms with E-state index in [1.807, 2.05) is 0 Å². The fourth-order valence-electron chi connectivity index (χ4n) is 2.26. The summed E-state index contributed by atoms with van der Waals surface area (Å²) in [6, 6.07) is 1.70. The Morgan fingerprint density at radius 2 is 2.14 bits per heavy atom. The van der Waals surface area contributed by atoms with Crippen molar-refractivity contribution >= 4 is 10.0 Å². The molecule has 1 aromatic rings. The first-order valence-electron chi connectivity index (χ1n) is 6.53. The zero-order chi connectivity index (χ0) is 15.6. The molecule has 1 aromatic carbocycles. The molecule has 0 aliphatic carbocycles. The van der Waals surface area contributed by atoms with Gasteiger partial charge >= 0.3 is 0 Å². The molecule has 1 fully saturated rings. The topological polar surface area (TPSA) is 66.8 Å². The number of ether oxygens (including phenoxy) is 1. The van der Waals surface area contributed by atoms with Crippen LogP contribution in [0.15, 0.2) is 17.0 Å². The summed E-state index contributed by atoms with van der Waals surface area (Å²) in [6.07, 6.45) is 1.39. The maximum Gasteiger partial charge on any atom is 0.245 e. The molecule has 1 aliphatic rings. The molecule has 1 N–H and O–H groups in total. The SMILES string of the molecule is CN(CC1CCCO1)S(=O)(=O)c1ccc(F)c(CO)c1F. The number of likely N-dealkylation sites (N-methyl/N-ethyl adjacent to an activating group) is 1. The zero-order valence-corrected chi connectivity index (χ0v) is 12.4. The van der Waals surface area contributed by atoms with Crippen LogP contribution in [0.3, 0.4) is 0 Å². The molecule has 0 radical (unpaired) electrons. The minimum Gasteiger partial charge on any atom is -0.391 e. The van der Waals surface area contributed by atoms with Gasteiger partial charge in [-0.2, -0.15) is 4.31 Å². The van der Waals surface area contributed by atoms with E-state index >= 15 is 0 Å². The van der Waals surface area contributed by atoms with E-state index in [4.69, 9.17) is 9.84 Å². The summed E-state index contributed by atoms with van der Waals surface area (Å²) < 4.78 is 58.4. The fraction of sp³-hybridized carbons (Fsp3) is 0.538. The summed E-state index contributed by atoms with van der Waals surface area (Å²) in [6.45, 7) is -0.220. The van der Waals surface area contributed by atoms with Crippen LogP contribution in [0.1, 0.15) is 18.4 Å². The number of rotatable bonds is 5. The van der Waals surface area contributed by atoms with Gasteiger partial charge in [0.05, 0.1) is 18.3 Å². The highest BCUT2D eigenvalue weighted by molar-refractivity contribution is 7.89. The Kier molecular flexibility index (Phi) is 4.92. The maximum atomic E-state index is 14.1. The third-order valence-corrected chi connectivity index (χ3v) is 5.32. The van der Waals surface area contributed by atoms with Gasteiger partial charge in [0.25, 0.3) is 0 Å². The number of benzene rings is 1. The molecule has 0 spiro atoms. The highest BCUT2D eigenvalue weighted by Gasteiger charge is 2.30. The van der Waals surface area contributed by atoms with Gasteiger partial charge in [-0.15, -0.1) is 0 Å². The first kappa shape index (κ1) is 16.3. The first-order valence-corrected chi connectivity index (χ1v) is 7.97.